The normalized spacial score (nSPS) is 10.6. The second-order valence-electron chi connectivity index (χ2n) is 4.36. The van der Waals surface area contributed by atoms with Gasteiger partial charge in [0.1, 0.15) is 5.82 Å². The SMILES string of the molecule is O=C(N/N=C\c1ccc(F)cc1)C(=O)Nc1cc(Cl)cc(Cl)c1. The highest BCUT2D eigenvalue weighted by Crippen LogP contribution is 2.22. The molecule has 0 fully saturated rings. The van der Waals surface area contributed by atoms with Crippen LogP contribution in [0.15, 0.2) is 47.6 Å². The Morgan fingerprint density at radius 1 is 1.00 bits per heavy atom. The van der Waals surface area contributed by atoms with E-state index in [0.717, 1.165) is 0 Å². The third-order valence-corrected chi connectivity index (χ3v) is 3.01. The number of carbonyl (C=O) groups is 2. The molecule has 0 aliphatic carbocycles. The first kappa shape index (κ1) is 16.9. The maximum Gasteiger partial charge on any atom is 0.329 e. The summed E-state index contributed by atoms with van der Waals surface area (Å²) in [5, 5.41) is 6.59. The van der Waals surface area contributed by atoms with Gasteiger partial charge in [0, 0.05) is 15.7 Å². The van der Waals surface area contributed by atoms with Crippen molar-refractivity contribution in [1.82, 2.24) is 5.43 Å². The predicted molar refractivity (Wildman–Crippen MR) is 87.2 cm³/mol. The Kier molecular flexibility index (Phi) is 5.67. The highest BCUT2D eigenvalue weighted by Gasteiger charge is 2.13. The molecule has 2 amide bonds. The van der Waals surface area contributed by atoms with Crippen LogP contribution < -0.4 is 10.7 Å². The zero-order valence-corrected chi connectivity index (χ0v) is 13.0. The number of benzene rings is 2. The Balaban J connectivity index is 1.92. The van der Waals surface area contributed by atoms with Crippen LogP contribution in [0.3, 0.4) is 0 Å². The number of carbonyl (C=O) groups excluding carboxylic acids is 2. The lowest BCUT2D eigenvalue weighted by molar-refractivity contribution is -0.136. The first-order valence-electron chi connectivity index (χ1n) is 6.30. The summed E-state index contributed by atoms with van der Waals surface area (Å²) in [6.07, 6.45) is 1.28. The molecule has 5 nitrogen and oxygen atoms in total. The Morgan fingerprint density at radius 2 is 1.61 bits per heavy atom. The van der Waals surface area contributed by atoms with E-state index in [0.29, 0.717) is 15.6 Å². The summed E-state index contributed by atoms with van der Waals surface area (Å²) in [5.41, 5.74) is 2.90. The van der Waals surface area contributed by atoms with E-state index in [-0.39, 0.29) is 11.5 Å². The van der Waals surface area contributed by atoms with Crippen LogP contribution >= 0.6 is 23.2 Å². The van der Waals surface area contributed by atoms with E-state index >= 15 is 0 Å². The molecule has 0 bridgehead atoms. The smallest absolute Gasteiger partial charge is 0.318 e. The number of hydrazone groups is 1. The van der Waals surface area contributed by atoms with Crippen LogP contribution in [0, 0.1) is 5.82 Å². The van der Waals surface area contributed by atoms with Gasteiger partial charge >= 0.3 is 11.8 Å². The van der Waals surface area contributed by atoms with Crippen LogP contribution in [-0.4, -0.2) is 18.0 Å². The Bertz CT molecular complexity index is 744. The third kappa shape index (κ3) is 5.36. The molecule has 2 aromatic carbocycles. The standard InChI is InChI=1S/C15H10Cl2FN3O2/c16-10-5-11(17)7-13(6-10)20-14(22)15(23)21-19-8-9-1-3-12(18)4-2-9/h1-8H,(H,20,22)(H,21,23)/b19-8-. The quantitative estimate of drug-likeness (QED) is 0.505. The molecule has 0 aliphatic rings. The van der Waals surface area contributed by atoms with Crippen LogP contribution in [0.1, 0.15) is 5.56 Å². The van der Waals surface area contributed by atoms with Gasteiger partial charge in [0.05, 0.1) is 6.21 Å². The maximum absolute atomic E-state index is 12.7. The summed E-state index contributed by atoms with van der Waals surface area (Å²) in [5.74, 6) is -2.29. The third-order valence-electron chi connectivity index (χ3n) is 2.58. The molecule has 2 aromatic rings. The number of halogens is 3. The summed E-state index contributed by atoms with van der Waals surface area (Å²) in [4.78, 5) is 23.3. The monoisotopic (exact) mass is 353 g/mol. The van der Waals surface area contributed by atoms with Gasteiger partial charge in [0.2, 0.25) is 0 Å². The molecule has 0 unspecified atom stereocenters. The molecular formula is C15H10Cl2FN3O2. The van der Waals surface area contributed by atoms with E-state index < -0.39 is 11.8 Å². The number of anilines is 1. The van der Waals surface area contributed by atoms with Crippen molar-refractivity contribution in [2.24, 2.45) is 5.10 Å². The first-order chi connectivity index (χ1) is 10.9. The number of hydrogen-bond acceptors (Lipinski definition) is 3. The van der Waals surface area contributed by atoms with E-state index in [2.05, 4.69) is 15.8 Å². The van der Waals surface area contributed by atoms with Gasteiger partial charge in [0.25, 0.3) is 0 Å². The van der Waals surface area contributed by atoms with Crippen molar-refractivity contribution in [1.29, 1.82) is 0 Å². The van der Waals surface area contributed by atoms with Gasteiger partial charge in [-0.05, 0) is 35.9 Å². The second kappa shape index (κ2) is 7.71. The largest absolute Gasteiger partial charge is 0.329 e. The number of hydrogen-bond donors (Lipinski definition) is 2. The van der Waals surface area contributed by atoms with E-state index in [9.17, 15) is 14.0 Å². The lowest BCUT2D eigenvalue weighted by Crippen LogP contribution is -2.32. The lowest BCUT2D eigenvalue weighted by atomic mass is 10.2. The minimum absolute atomic E-state index is 0.283. The molecule has 0 spiro atoms. The molecule has 0 saturated heterocycles. The van der Waals surface area contributed by atoms with Gasteiger partial charge in [-0.2, -0.15) is 5.10 Å². The Labute approximate surface area is 141 Å². The van der Waals surface area contributed by atoms with Crippen molar-refractivity contribution in [2.75, 3.05) is 5.32 Å². The van der Waals surface area contributed by atoms with Crippen molar-refractivity contribution in [3.63, 3.8) is 0 Å². The molecular weight excluding hydrogens is 344 g/mol. The molecule has 118 valence electrons. The summed E-state index contributed by atoms with van der Waals surface area (Å²) < 4.78 is 12.7. The fourth-order valence-electron chi connectivity index (χ4n) is 1.58. The highest BCUT2D eigenvalue weighted by atomic mass is 35.5. The van der Waals surface area contributed by atoms with Crippen molar-refractivity contribution in [2.45, 2.75) is 0 Å². The zero-order valence-electron chi connectivity index (χ0n) is 11.5. The number of rotatable bonds is 3. The van der Waals surface area contributed by atoms with Crippen LogP contribution in [0.25, 0.3) is 0 Å². The van der Waals surface area contributed by atoms with E-state index in [1.165, 1.54) is 48.7 Å². The first-order valence-corrected chi connectivity index (χ1v) is 7.06. The topological polar surface area (TPSA) is 70.6 Å². The number of nitrogens with zero attached hydrogens (tertiary/aromatic N) is 1. The molecule has 8 heteroatoms. The van der Waals surface area contributed by atoms with Crippen molar-refractivity contribution >= 4 is 46.9 Å². The van der Waals surface area contributed by atoms with Crippen LogP contribution in [0.4, 0.5) is 10.1 Å². The van der Waals surface area contributed by atoms with E-state index in [1.807, 2.05) is 0 Å². The van der Waals surface area contributed by atoms with E-state index in [4.69, 9.17) is 23.2 Å². The maximum atomic E-state index is 12.7. The van der Waals surface area contributed by atoms with Gasteiger partial charge in [-0.15, -0.1) is 0 Å². The minimum Gasteiger partial charge on any atom is -0.318 e. The number of amides is 2. The molecule has 2 N–H and O–H groups in total. The van der Waals surface area contributed by atoms with Crippen molar-refractivity contribution in [3.05, 3.63) is 63.9 Å². The minimum atomic E-state index is -0.973. The second-order valence-corrected chi connectivity index (χ2v) is 5.24. The summed E-state index contributed by atoms with van der Waals surface area (Å²) in [7, 11) is 0. The molecule has 0 radical (unpaired) electrons. The van der Waals surface area contributed by atoms with Crippen LogP contribution in [0.2, 0.25) is 10.0 Å². The average molecular weight is 354 g/mol. The van der Waals surface area contributed by atoms with Gasteiger partial charge in [-0.3, -0.25) is 9.59 Å². The van der Waals surface area contributed by atoms with Gasteiger partial charge in [-0.1, -0.05) is 35.3 Å². The van der Waals surface area contributed by atoms with Crippen LogP contribution in [0.5, 0.6) is 0 Å². The van der Waals surface area contributed by atoms with Gasteiger partial charge in [0.15, 0.2) is 0 Å². The highest BCUT2D eigenvalue weighted by molar-refractivity contribution is 6.40. The van der Waals surface area contributed by atoms with Crippen LogP contribution in [-0.2, 0) is 9.59 Å². The summed E-state index contributed by atoms with van der Waals surface area (Å²) >= 11 is 11.6. The molecule has 0 heterocycles. The average Bonchev–Trinajstić information content (AvgIpc) is 2.48. The molecule has 0 saturated carbocycles. The Morgan fingerprint density at radius 3 is 2.22 bits per heavy atom. The fourth-order valence-corrected chi connectivity index (χ4v) is 2.10. The fraction of sp³-hybridized carbons (Fsp3) is 0. The zero-order chi connectivity index (χ0) is 16.8. The number of nitrogens with one attached hydrogen (secondary N) is 2. The van der Waals surface area contributed by atoms with Crippen molar-refractivity contribution in [3.8, 4) is 0 Å². The molecule has 0 aromatic heterocycles. The Hall–Kier alpha value is -2.44. The predicted octanol–water partition coefficient (Wildman–Crippen LogP) is 3.22. The molecule has 23 heavy (non-hydrogen) atoms. The van der Waals surface area contributed by atoms with Gasteiger partial charge < -0.3 is 5.32 Å². The summed E-state index contributed by atoms with van der Waals surface area (Å²) in [6.45, 7) is 0. The molecule has 0 aliphatic heterocycles. The van der Waals surface area contributed by atoms with Crippen molar-refractivity contribution < 1.29 is 14.0 Å². The summed E-state index contributed by atoms with van der Waals surface area (Å²) in [6, 6.07) is 9.82. The molecule has 0 atom stereocenters. The molecule has 2 rings (SSSR count). The lowest BCUT2D eigenvalue weighted by Gasteiger charge is -2.05. The van der Waals surface area contributed by atoms with Gasteiger partial charge in [-0.25, -0.2) is 9.82 Å². The van der Waals surface area contributed by atoms with E-state index in [1.54, 1.807) is 0 Å².